The maximum atomic E-state index is 12.2. The van der Waals surface area contributed by atoms with Crippen LogP contribution in [0.2, 0.25) is 0 Å². The average molecular weight is 278 g/mol. The first-order valence-corrected chi connectivity index (χ1v) is 7.59. The molecule has 0 aromatic carbocycles. The molecule has 0 aromatic rings. The molecule has 6 nitrogen and oxygen atoms in total. The number of hydrogen-bond donors (Lipinski definition) is 1. The van der Waals surface area contributed by atoms with Gasteiger partial charge in [-0.3, -0.25) is 4.79 Å². The lowest BCUT2D eigenvalue weighted by atomic mass is 10.0. The Kier molecular flexibility index (Phi) is 5.12. The predicted molar refractivity (Wildman–Crippen MR) is 68.3 cm³/mol. The lowest BCUT2D eigenvalue weighted by Gasteiger charge is -2.33. The Bertz CT molecular complexity index is 388. The van der Waals surface area contributed by atoms with Gasteiger partial charge in [-0.25, -0.2) is 0 Å². The Morgan fingerprint density at radius 1 is 1.44 bits per heavy atom. The van der Waals surface area contributed by atoms with Crippen LogP contribution in [0.4, 0.5) is 0 Å². The highest BCUT2D eigenvalue weighted by Crippen LogP contribution is 2.20. The topological polar surface area (TPSA) is 77.9 Å². The zero-order valence-electron chi connectivity index (χ0n) is 11.2. The molecular formula is C11H22N2O4S. The standard InChI is InChI=1S/C11H22N2O4S/c1-9-4-6-13(7-5-9)18(16,17)12(3)8-10(2)11(14)15/h9-10H,4-8H2,1-3H3,(H,14,15). The molecule has 106 valence electrons. The number of aliphatic carboxylic acids is 1. The third-order valence-corrected chi connectivity index (χ3v) is 5.37. The van der Waals surface area contributed by atoms with Gasteiger partial charge < -0.3 is 5.11 Å². The van der Waals surface area contributed by atoms with E-state index < -0.39 is 22.1 Å². The monoisotopic (exact) mass is 278 g/mol. The summed E-state index contributed by atoms with van der Waals surface area (Å²) < 4.78 is 27.0. The molecule has 1 saturated heterocycles. The summed E-state index contributed by atoms with van der Waals surface area (Å²) in [5.41, 5.74) is 0. The molecule has 1 aliphatic rings. The third-order valence-electron chi connectivity index (χ3n) is 3.42. The zero-order valence-corrected chi connectivity index (χ0v) is 12.0. The molecule has 1 aliphatic heterocycles. The van der Waals surface area contributed by atoms with Crippen LogP contribution in [0.1, 0.15) is 26.7 Å². The van der Waals surface area contributed by atoms with E-state index in [0.717, 1.165) is 17.1 Å². The summed E-state index contributed by atoms with van der Waals surface area (Å²) in [4.78, 5) is 10.7. The quantitative estimate of drug-likeness (QED) is 0.799. The maximum absolute atomic E-state index is 12.2. The van der Waals surface area contributed by atoms with Gasteiger partial charge in [0.05, 0.1) is 5.92 Å². The van der Waals surface area contributed by atoms with Crippen LogP contribution in [0.5, 0.6) is 0 Å². The molecule has 0 radical (unpaired) electrons. The lowest BCUT2D eigenvalue weighted by molar-refractivity contribution is -0.141. The zero-order chi connectivity index (χ0) is 13.9. The van der Waals surface area contributed by atoms with Crippen LogP contribution in [0.25, 0.3) is 0 Å². The van der Waals surface area contributed by atoms with E-state index in [1.54, 1.807) is 0 Å². The Labute approximate surface area is 109 Å². The van der Waals surface area contributed by atoms with E-state index in [2.05, 4.69) is 6.92 Å². The summed E-state index contributed by atoms with van der Waals surface area (Å²) in [5, 5.41) is 8.81. The second-order valence-corrected chi connectivity index (χ2v) is 7.14. The molecule has 1 atom stereocenters. The smallest absolute Gasteiger partial charge is 0.307 e. The fourth-order valence-electron chi connectivity index (χ4n) is 1.97. The summed E-state index contributed by atoms with van der Waals surface area (Å²) in [6.07, 6.45) is 1.73. The van der Waals surface area contributed by atoms with Gasteiger partial charge in [-0.1, -0.05) is 13.8 Å². The largest absolute Gasteiger partial charge is 0.481 e. The fourth-order valence-corrected chi connectivity index (χ4v) is 3.45. The molecule has 1 N–H and O–H groups in total. The Morgan fingerprint density at radius 3 is 2.39 bits per heavy atom. The van der Waals surface area contributed by atoms with Gasteiger partial charge in [0.25, 0.3) is 10.2 Å². The Hall–Kier alpha value is -0.660. The highest BCUT2D eigenvalue weighted by atomic mass is 32.2. The van der Waals surface area contributed by atoms with E-state index in [1.165, 1.54) is 18.3 Å². The van der Waals surface area contributed by atoms with Crippen molar-refractivity contribution in [1.82, 2.24) is 8.61 Å². The molecule has 1 heterocycles. The van der Waals surface area contributed by atoms with Crippen LogP contribution in [0, 0.1) is 11.8 Å². The van der Waals surface area contributed by atoms with Crippen LogP contribution >= 0.6 is 0 Å². The first-order valence-electron chi connectivity index (χ1n) is 6.19. The number of nitrogens with zero attached hydrogens (tertiary/aromatic N) is 2. The fraction of sp³-hybridized carbons (Fsp3) is 0.909. The number of carboxylic acid groups (broad SMARTS) is 1. The molecule has 0 bridgehead atoms. The van der Waals surface area contributed by atoms with Crippen molar-refractivity contribution in [3.63, 3.8) is 0 Å². The van der Waals surface area contributed by atoms with Gasteiger partial charge in [-0.2, -0.15) is 17.0 Å². The molecule has 0 saturated carbocycles. The second kappa shape index (κ2) is 5.99. The van der Waals surface area contributed by atoms with Crippen LogP contribution in [-0.4, -0.2) is 54.8 Å². The van der Waals surface area contributed by atoms with Crippen molar-refractivity contribution in [1.29, 1.82) is 0 Å². The second-order valence-electron chi connectivity index (χ2n) is 5.11. The van der Waals surface area contributed by atoms with Crippen molar-refractivity contribution in [3.8, 4) is 0 Å². The maximum Gasteiger partial charge on any atom is 0.307 e. The van der Waals surface area contributed by atoms with Crippen molar-refractivity contribution < 1.29 is 18.3 Å². The summed E-state index contributed by atoms with van der Waals surface area (Å²) in [5.74, 6) is -1.13. The van der Waals surface area contributed by atoms with Crippen LogP contribution in [-0.2, 0) is 15.0 Å². The SMILES string of the molecule is CC1CCN(S(=O)(=O)N(C)CC(C)C(=O)O)CC1. The molecule has 0 spiro atoms. The number of carboxylic acids is 1. The molecule has 1 unspecified atom stereocenters. The van der Waals surface area contributed by atoms with Gasteiger partial charge in [0.15, 0.2) is 0 Å². The third kappa shape index (κ3) is 3.66. The van der Waals surface area contributed by atoms with E-state index in [9.17, 15) is 13.2 Å². The van der Waals surface area contributed by atoms with Crippen molar-refractivity contribution in [2.45, 2.75) is 26.7 Å². The predicted octanol–water partition coefficient (Wildman–Crippen LogP) is 0.616. The van der Waals surface area contributed by atoms with E-state index in [1.807, 2.05) is 0 Å². The molecule has 7 heteroatoms. The summed E-state index contributed by atoms with van der Waals surface area (Å²) in [7, 11) is -2.07. The Balaban J connectivity index is 2.65. The van der Waals surface area contributed by atoms with Gasteiger partial charge in [0.2, 0.25) is 0 Å². The Morgan fingerprint density at radius 2 is 1.94 bits per heavy atom. The molecule has 0 aliphatic carbocycles. The first-order chi connectivity index (χ1) is 8.25. The van der Waals surface area contributed by atoms with Crippen molar-refractivity contribution in [2.75, 3.05) is 26.7 Å². The van der Waals surface area contributed by atoms with E-state index >= 15 is 0 Å². The first kappa shape index (κ1) is 15.4. The number of rotatable bonds is 5. The van der Waals surface area contributed by atoms with Crippen LogP contribution in [0.15, 0.2) is 0 Å². The minimum Gasteiger partial charge on any atom is -0.481 e. The van der Waals surface area contributed by atoms with Gasteiger partial charge in [-0.15, -0.1) is 0 Å². The van der Waals surface area contributed by atoms with E-state index in [-0.39, 0.29) is 6.54 Å². The molecule has 18 heavy (non-hydrogen) atoms. The summed E-state index contributed by atoms with van der Waals surface area (Å²) >= 11 is 0. The van der Waals surface area contributed by atoms with Gasteiger partial charge >= 0.3 is 5.97 Å². The number of hydrogen-bond acceptors (Lipinski definition) is 3. The van der Waals surface area contributed by atoms with E-state index in [0.29, 0.717) is 19.0 Å². The highest BCUT2D eigenvalue weighted by molar-refractivity contribution is 7.86. The number of carbonyl (C=O) groups is 1. The van der Waals surface area contributed by atoms with Crippen LogP contribution in [0.3, 0.4) is 0 Å². The molecule has 1 fully saturated rings. The minimum absolute atomic E-state index is 0.00369. The molecular weight excluding hydrogens is 256 g/mol. The van der Waals surface area contributed by atoms with Crippen LogP contribution < -0.4 is 0 Å². The summed E-state index contributed by atoms with van der Waals surface area (Å²) in [6, 6.07) is 0. The summed E-state index contributed by atoms with van der Waals surface area (Å²) in [6.45, 7) is 4.67. The van der Waals surface area contributed by atoms with Crippen molar-refractivity contribution in [2.24, 2.45) is 11.8 Å². The lowest BCUT2D eigenvalue weighted by Crippen LogP contribution is -2.47. The van der Waals surface area contributed by atoms with Gasteiger partial charge in [0.1, 0.15) is 0 Å². The molecule has 0 aromatic heterocycles. The van der Waals surface area contributed by atoms with Gasteiger partial charge in [0, 0.05) is 26.7 Å². The average Bonchev–Trinajstić information content (AvgIpc) is 2.29. The van der Waals surface area contributed by atoms with Gasteiger partial charge in [-0.05, 0) is 18.8 Å². The van der Waals surface area contributed by atoms with E-state index in [4.69, 9.17) is 5.11 Å². The normalized spacial score (nSPS) is 21.1. The van der Waals surface area contributed by atoms with Crippen molar-refractivity contribution in [3.05, 3.63) is 0 Å². The van der Waals surface area contributed by atoms with Crippen molar-refractivity contribution >= 4 is 16.2 Å². The molecule has 1 rings (SSSR count). The highest BCUT2D eigenvalue weighted by Gasteiger charge is 2.31. The minimum atomic E-state index is -3.51. The molecule has 0 amide bonds. The number of piperidine rings is 1.